The molecular formula is C15H14ClNO. The number of nitrogens with one attached hydrogen (secondary N) is 1. The van der Waals surface area contributed by atoms with Gasteiger partial charge in [-0.3, -0.25) is 0 Å². The minimum atomic E-state index is 0.141. The molecule has 0 saturated carbocycles. The van der Waals surface area contributed by atoms with Crippen molar-refractivity contribution in [2.45, 2.75) is 6.04 Å². The highest BCUT2D eigenvalue weighted by atomic mass is 35.5. The molecule has 3 heteroatoms. The van der Waals surface area contributed by atoms with E-state index in [1.54, 1.807) is 0 Å². The fraction of sp³-hybridized carbons (Fsp3) is 0.200. The van der Waals surface area contributed by atoms with Crippen molar-refractivity contribution in [3.63, 3.8) is 0 Å². The zero-order valence-electron chi connectivity index (χ0n) is 9.90. The van der Waals surface area contributed by atoms with Gasteiger partial charge in [-0.15, -0.1) is 0 Å². The van der Waals surface area contributed by atoms with Gasteiger partial charge >= 0.3 is 0 Å². The number of benzene rings is 2. The molecule has 1 aliphatic heterocycles. The summed E-state index contributed by atoms with van der Waals surface area (Å²) in [5.41, 5.74) is 2.33. The molecule has 0 spiro atoms. The molecule has 0 bridgehead atoms. The molecule has 0 aromatic heterocycles. The maximum Gasteiger partial charge on any atom is 0.124 e. The van der Waals surface area contributed by atoms with Crippen molar-refractivity contribution < 1.29 is 4.74 Å². The summed E-state index contributed by atoms with van der Waals surface area (Å²) >= 11 is 6.10. The zero-order valence-corrected chi connectivity index (χ0v) is 10.7. The summed E-state index contributed by atoms with van der Waals surface area (Å²) in [6, 6.07) is 16.3. The Labute approximate surface area is 112 Å². The van der Waals surface area contributed by atoms with Gasteiger partial charge in [0.15, 0.2) is 0 Å². The van der Waals surface area contributed by atoms with Crippen LogP contribution in [0.1, 0.15) is 17.2 Å². The molecule has 1 aliphatic rings. The van der Waals surface area contributed by atoms with Crippen molar-refractivity contribution in [2.75, 3.05) is 13.2 Å². The topological polar surface area (TPSA) is 21.3 Å². The van der Waals surface area contributed by atoms with E-state index in [1.807, 2.05) is 36.4 Å². The minimum Gasteiger partial charge on any atom is -0.492 e. The number of ether oxygens (including phenoxy) is 1. The number of fused-ring (bicyclic) bond motifs is 1. The fourth-order valence-electron chi connectivity index (χ4n) is 2.29. The van der Waals surface area contributed by atoms with Crippen LogP contribution in [-0.4, -0.2) is 13.2 Å². The largest absolute Gasteiger partial charge is 0.492 e. The molecule has 1 atom stereocenters. The first kappa shape index (κ1) is 11.6. The number of halogens is 1. The third kappa shape index (κ3) is 2.22. The first-order chi connectivity index (χ1) is 8.84. The van der Waals surface area contributed by atoms with Gasteiger partial charge < -0.3 is 10.1 Å². The van der Waals surface area contributed by atoms with Crippen molar-refractivity contribution >= 4 is 11.6 Å². The Kier molecular flexibility index (Phi) is 3.22. The number of hydrogen-bond acceptors (Lipinski definition) is 2. The van der Waals surface area contributed by atoms with E-state index in [0.717, 1.165) is 22.9 Å². The maximum atomic E-state index is 6.10. The number of hydrogen-bond donors (Lipinski definition) is 1. The van der Waals surface area contributed by atoms with Gasteiger partial charge in [0.2, 0.25) is 0 Å². The van der Waals surface area contributed by atoms with E-state index >= 15 is 0 Å². The van der Waals surface area contributed by atoms with Crippen LogP contribution < -0.4 is 10.1 Å². The van der Waals surface area contributed by atoms with E-state index < -0.39 is 0 Å². The zero-order chi connectivity index (χ0) is 12.4. The molecule has 1 heterocycles. The Morgan fingerprint density at radius 2 is 1.94 bits per heavy atom. The number of rotatable bonds is 1. The van der Waals surface area contributed by atoms with E-state index in [-0.39, 0.29) is 6.04 Å². The van der Waals surface area contributed by atoms with Gasteiger partial charge in [-0.1, -0.05) is 41.9 Å². The molecule has 0 aliphatic carbocycles. The van der Waals surface area contributed by atoms with Gasteiger partial charge in [0.1, 0.15) is 12.4 Å². The maximum absolute atomic E-state index is 6.10. The second-order valence-electron chi connectivity index (χ2n) is 4.33. The van der Waals surface area contributed by atoms with Gasteiger partial charge in [0.05, 0.1) is 6.04 Å². The molecule has 2 nitrogen and oxygen atoms in total. The molecule has 1 N–H and O–H groups in total. The third-order valence-corrected chi connectivity index (χ3v) is 3.36. The predicted molar refractivity (Wildman–Crippen MR) is 73.2 cm³/mol. The molecule has 92 valence electrons. The van der Waals surface area contributed by atoms with Gasteiger partial charge in [0.25, 0.3) is 0 Å². The molecule has 0 fully saturated rings. The smallest absolute Gasteiger partial charge is 0.124 e. The summed E-state index contributed by atoms with van der Waals surface area (Å²) in [6.45, 7) is 1.50. The lowest BCUT2D eigenvalue weighted by Crippen LogP contribution is -2.23. The Bertz CT molecular complexity index is 541. The van der Waals surface area contributed by atoms with E-state index in [0.29, 0.717) is 6.61 Å². The first-order valence-electron chi connectivity index (χ1n) is 6.05. The highest BCUT2D eigenvalue weighted by Crippen LogP contribution is 2.33. The Balaban J connectivity index is 2.08. The SMILES string of the molecule is Clc1ccc2c(c1)C(c1ccccc1)NCCO2. The fourth-order valence-corrected chi connectivity index (χ4v) is 2.47. The van der Waals surface area contributed by atoms with Gasteiger partial charge in [0, 0.05) is 17.1 Å². The van der Waals surface area contributed by atoms with Crippen molar-refractivity contribution in [3.05, 3.63) is 64.7 Å². The van der Waals surface area contributed by atoms with Crippen LogP contribution in [0.25, 0.3) is 0 Å². The third-order valence-electron chi connectivity index (χ3n) is 3.12. The molecule has 0 radical (unpaired) electrons. The molecule has 0 saturated heterocycles. The Morgan fingerprint density at radius 1 is 1.11 bits per heavy atom. The van der Waals surface area contributed by atoms with Crippen molar-refractivity contribution in [1.82, 2.24) is 5.32 Å². The molecule has 3 rings (SSSR count). The van der Waals surface area contributed by atoms with Crippen LogP contribution in [0.2, 0.25) is 5.02 Å². The first-order valence-corrected chi connectivity index (χ1v) is 6.43. The van der Waals surface area contributed by atoms with Crippen LogP contribution in [0.3, 0.4) is 0 Å². The monoisotopic (exact) mass is 259 g/mol. The summed E-state index contributed by atoms with van der Waals surface area (Å²) in [6.07, 6.45) is 0. The summed E-state index contributed by atoms with van der Waals surface area (Å²) in [4.78, 5) is 0. The lowest BCUT2D eigenvalue weighted by atomic mass is 9.98. The van der Waals surface area contributed by atoms with Crippen LogP contribution in [0.15, 0.2) is 48.5 Å². The minimum absolute atomic E-state index is 0.141. The highest BCUT2D eigenvalue weighted by molar-refractivity contribution is 6.30. The van der Waals surface area contributed by atoms with Crippen LogP contribution in [0, 0.1) is 0 Å². The van der Waals surface area contributed by atoms with Crippen LogP contribution in [0.5, 0.6) is 5.75 Å². The van der Waals surface area contributed by atoms with E-state index in [2.05, 4.69) is 17.4 Å². The quantitative estimate of drug-likeness (QED) is 0.847. The standard InChI is InChI=1S/C15H14ClNO/c16-12-6-7-14-13(10-12)15(17-8-9-18-14)11-4-2-1-3-5-11/h1-7,10,15,17H,8-9H2. The second-order valence-corrected chi connectivity index (χ2v) is 4.76. The summed E-state index contributed by atoms with van der Waals surface area (Å²) in [5.74, 6) is 0.915. The van der Waals surface area contributed by atoms with Gasteiger partial charge in [-0.2, -0.15) is 0 Å². The summed E-state index contributed by atoms with van der Waals surface area (Å²) in [5, 5.41) is 4.24. The second kappa shape index (κ2) is 5.01. The molecule has 2 aromatic carbocycles. The highest BCUT2D eigenvalue weighted by Gasteiger charge is 2.20. The lowest BCUT2D eigenvalue weighted by Gasteiger charge is -2.18. The molecule has 2 aromatic rings. The van der Waals surface area contributed by atoms with E-state index in [9.17, 15) is 0 Å². The van der Waals surface area contributed by atoms with Crippen molar-refractivity contribution in [3.8, 4) is 5.75 Å². The lowest BCUT2D eigenvalue weighted by molar-refractivity contribution is 0.325. The van der Waals surface area contributed by atoms with Gasteiger partial charge in [-0.25, -0.2) is 0 Å². The average Bonchev–Trinajstić information content (AvgIpc) is 2.61. The summed E-state index contributed by atoms with van der Waals surface area (Å²) < 4.78 is 5.73. The van der Waals surface area contributed by atoms with Gasteiger partial charge in [-0.05, 0) is 23.8 Å². The predicted octanol–water partition coefficient (Wildman–Crippen LogP) is 3.41. The molecular weight excluding hydrogens is 246 g/mol. The van der Waals surface area contributed by atoms with Crippen LogP contribution in [0.4, 0.5) is 0 Å². The Morgan fingerprint density at radius 3 is 2.78 bits per heavy atom. The summed E-state index contributed by atoms with van der Waals surface area (Å²) in [7, 11) is 0. The van der Waals surface area contributed by atoms with Crippen LogP contribution >= 0.6 is 11.6 Å². The van der Waals surface area contributed by atoms with Crippen LogP contribution in [-0.2, 0) is 0 Å². The molecule has 0 amide bonds. The molecule has 18 heavy (non-hydrogen) atoms. The molecule has 1 unspecified atom stereocenters. The van der Waals surface area contributed by atoms with E-state index in [1.165, 1.54) is 5.56 Å². The van der Waals surface area contributed by atoms with E-state index in [4.69, 9.17) is 16.3 Å². The van der Waals surface area contributed by atoms with Crippen molar-refractivity contribution in [2.24, 2.45) is 0 Å². The average molecular weight is 260 g/mol. The Hall–Kier alpha value is -1.51. The van der Waals surface area contributed by atoms with Crippen molar-refractivity contribution in [1.29, 1.82) is 0 Å². The normalized spacial score (nSPS) is 18.6.